The Morgan fingerprint density at radius 1 is 1.36 bits per heavy atom. The summed E-state index contributed by atoms with van der Waals surface area (Å²) in [5.41, 5.74) is 1.06. The second kappa shape index (κ2) is 7.69. The molecule has 1 heterocycles. The van der Waals surface area contributed by atoms with Crippen molar-refractivity contribution in [3.63, 3.8) is 0 Å². The minimum Gasteiger partial charge on any atom is -0.386 e. The van der Waals surface area contributed by atoms with E-state index in [0.717, 1.165) is 5.56 Å². The lowest BCUT2D eigenvalue weighted by molar-refractivity contribution is -0.156. The second-order valence-corrected chi connectivity index (χ2v) is 5.39. The van der Waals surface area contributed by atoms with Gasteiger partial charge < -0.3 is 24.2 Å². The molecule has 0 spiro atoms. The van der Waals surface area contributed by atoms with Gasteiger partial charge in [0, 0.05) is 21.1 Å². The SMILES string of the molecule is COC1OC(COCc2ccccc2)C(N(C)C(C)=O)C1O. The number of ether oxygens (including phenoxy) is 3. The van der Waals surface area contributed by atoms with Gasteiger partial charge in [0.25, 0.3) is 0 Å². The van der Waals surface area contributed by atoms with Crippen LogP contribution in [0.2, 0.25) is 0 Å². The summed E-state index contributed by atoms with van der Waals surface area (Å²) >= 11 is 0. The molecule has 122 valence electrons. The number of aliphatic hydroxyl groups is 1. The summed E-state index contributed by atoms with van der Waals surface area (Å²) in [6.07, 6.45) is -2.08. The highest BCUT2D eigenvalue weighted by Gasteiger charge is 2.46. The summed E-state index contributed by atoms with van der Waals surface area (Å²) in [4.78, 5) is 13.1. The number of amides is 1. The van der Waals surface area contributed by atoms with Gasteiger partial charge in [-0.3, -0.25) is 4.79 Å². The Balaban J connectivity index is 1.96. The van der Waals surface area contributed by atoms with E-state index < -0.39 is 24.5 Å². The molecule has 0 aromatic heterocycles. The molecule has 4 unspecified atom stereocenters. The molecular weight excluding hydrogens is 286 g/mol. The topological polar surface area (TPSA) is 68.2 Å². The average molecular weight is 309 g/mol. The third-order valence-electron chi connectivity index (χ3n) is 3.89. The molecule has 1 N–H and O–H groups in total. The summed E-state index contributed by atoms with van der Waals surface area (Å²) in [5, 5.41) is 10.3. The van der Waals surface area contributed by atoms with Crippen LogP contribution in [0.25, 0.3) is 0 Å². The van der Waals surface area contributed by atoms with E-state index in [1.54, 1.807) is 7.05 Å². The molecule has 6 nitrogen and oxygen atoms in total. The van der Waals surface area contributed by atoms with Gasteiger partial charge in [-0.2, -0.15) is 0 Å². The fraction of sp³-hybridized carbons (Fsp3) is 0.562. The predicted molar refractivity (Wildman–Crippen MR) is 80.0 cm³/mol. The maximum Gasteiger partial charge on any atom is 0.219 e. The van der Waals surface area contributed by atoms with Gasteiger partial charge in [-0.25, -0.2) is 0 Å². The highest BCUT2D eigenvalue weighted by molar-refractivity contribution is 5.73. The maximum absolute atomic E-state index is 11.6. The number of methoxy groups -OCH3 is 1. The van der Waals surface area contributed by atoms with Crippen molar-refractivity contribution in [1.29, 1.82) is 0 Å². The highest BCUT2D eigenvalue weighted by atomic mass is 16.7. The van der Waals surface area contributed by atoms with Crippen LogP contribution in [-0.4, -0.2) is 61.2 Å². The lowest BCUT2D eigenvalue weighted by Crippen LogP contribution is -2.49. The molecule has 0 aliphatic carbocycles. The Labute approximate surface area is 130 Å². The normalized spacial score (nSPS) is 27.8. The van der Waals surface area contributed by atoms with E-state index >= 15 is 0 Å². The lowest BCUT2D eigenvalue weighted by atomic mass is 10.1. The van der Waals surface area contributed by atoms with Crippen LogP contribution in [0.5, 0.6) is 0 Å². The van der Waals surface area contributed by atoms with E-state index in [4.69, 9.17) is 14.2 Å². The molecule has 1 amide bonds. The first kappa shape index (κ1) is 16.9. The van der Waals surface area contributed by atoms with Gasteiger partial charge in [0.05, 0.1) is 19.3 Å². The van der Waals surface area contributed by atoms with Gasteiger partial charge in [-0.15, -0.1) is 0 Å². The van der Waals surface area contributed by atoms with Crippen molar-refractivity contribution >= 4 is 5.91 Å². The number of benzene rings is 1. The molecule has 1 aliphatic rings. The number of hydrogen-bond acceptors (Lipinski definition) is 5. The van der Waals surface area contributed by atoms with E-state index in [2.05, 4.69) is 0 Å². The summed E-state index contributed by atoms with van der Waals surface area (Å²) in [6, 6.07) is 9.30. The molecular formula is C16H23NO5. The third-order valence-corrected chi connectivity index (χ3v) is 3.89. The molecule has 0 radical (unpaired) electrons. The first-order valence-electron chi connectivity index (χ1n) is 7.26. The molecule has 1 saturated heterocycles. The lowest BCUT2D eigenvalue weighted by Gasteiger charge is -2.29. The number of rotatable bonds is 6. The fourth-order valence-corrected chi connectivity index (χ4v) is 2.60. The van der Waals surface area contributed by atoms with Crippen LogP contribution in [0.4, 0.5) is 0 Å². The van der Waals surface area contributed by atoms with Crippen LogP contribution < -0.4 is 0 Å². The zero-order valence-corrected chi connectivity index (χ0v) is 13.1. The molecule has 1 aliphatic heterocycles. The van der Waals surface area contributed by atoms with E-state index in [-0.39, 0.29) is 12.5 Å². The predicted octanol–water partition coefficient (Wildman–Crippen LogP) is 0.782. The van der Waals surface area contributed by atoms with Crippen LogP contribution in [-0.2, 0) is 25.6 Å². The first-order valence-corrected chi connectivity index (χ1v) is 7.26. The molecule has 2 rings (SSSR count). The highest BCUT2D eigenvalue weighted by Crippen LogP contribution is 2.26. The summed E-state index contributed by atoms with van der Waals surface area (Å²) in [5.74, 6) is -0.141. The number of hydrogen-bond donors (Lipinski definition) is 1. The van der Waals surface area contributed by atoms with Crippen molar-refractivity contribution in [2.45, 2.75) is 38.1 Å². The van der Waals surface area contributed by atoms with Gasteiger partial charge in [0.2, 0.25) is 5.91 Å². The first-order chi connectivity index (χ1) is 10.5. The third kappa shape index (κ3) is 3.84. The standard InChI is InChI=1S/C16H23NO5/c1-11(18)17(2)14-13(22-16(20-3)15(14)19)10-21-9-12-7-5-4-6-8-12/h4-8,13-16,19H,9-10H2,1-3H3. The second-order valence-electron chi connectivity index (χ2n) is 5.39. The quantitative estimate of drug-likeness (QED) is 0.841. The number of aliphatic hydroxyl groups excluding tert-OH is 1. The monoisotopic (exact) mass is 309 g/mol. The van der Waals surface area contributed by atoms with Crippen molar-refractivity contribution in [2.75, 3.05) is 20.8 Å². The molecule has 1 aromatic rings. The van der Waals surface area contributed by atoms with Crippen LogP contribution in [0, 0.1) is 0 Å². The van der Waals surface area contributed by atoms with Crippen molar-refractivity contribution in [3.05, 3.63) is 35.9 Å². The molecule has 1 fully saturated rings. The van der Waals surface area contributed by atoms with E-state index in [1.807, 2.05) is 30.3 Å². The van der Waals surface area contributed by atoms with E-state index in [1.165, 1.54) is 18.9 Å². The summed E-state index contributed by atoms with van der Waals surface area (Å²) in [6.45, 7) is 2.17. The van der Waals surface area contributed by atoms with Gasteiger partial charge in [0.1, 0.15) is 12.2 Å². The molecule has 4 atom stereocenters. The smallest absolute Gasteiger partial charge is 0.219 e. The van der Waals surface area contributed by atoms with Crippen molar-refractivity contribution in [2.24, 2.45) is 0 Å². The van der Waals surface area contributed by atoms with Crippen molar-refractivity contribution in [3.8, 4) is 0 Å². The van der Waals surface area contributed by atoms with Gasteiger partial charge in [-0.05, 0) is 5.56 Å². The number of nitrogens with zero attached hydrogens (tertiary/aromatic N) is 1. The molecule has 0 saturated carbocycles. The van der Waals surface area contributed by atoms with Crippen LogP contribution in [0.15, 0.2) is 30.3 Å². The average Bonchev–Trinajstić information content (AvgIpc) is 2.83. The van der Waals surface area contributed by atoms with Gasteiger partial charge >= 0.3 is 0 Å². The zero-order chi connectivity index (χ0) is 16.1. The van der Waals surface area contributed by atoms with Gasteiger partial charge in [-0.1, -0.05) is 30.3 Å². The minimum atomic E-state index is -0.899. The largest absolute Gasteiger partial charge is 0.386 e. The Morgan fingerprint density at radius 2 is 2.05 bits per heavy atom. The molecule has 22 heavy (non-hydrogen) atoms. The maximum atomic E-state index is 11.6. The molecule has 1 aromatic carbocycles. The number of carbonyl (C=O) groups is 1. The number of likely N-dealkylation sites (N-methyl/N-ethyl adjacent to an activating group) is 1. The van der Waals surface area contributed by atoms with Crippen molar-refractivity contribution < 1.29 is 24.1 Å². The minimum absolute atomic E-state index is 0.141. The Bertz CT molecular complexity index is 481. The van der Waals surface area contributed by atoms with Crippen LogP contribution in [0.3, 0.4) is 0 Å². The Hall–Kier alpha value is -1.47. The van der Waals surface area contributed by atoms with Crippen LogP contribution in [0.1, 0.15) is 12.5 Å². The summed E-state index contributed by atoms with van der Waals surface area (Å²) in [7, 11) is 3.10. The molecule has 6 heteroatoms. The van der Waals surface area contributed by atoms with E-state index in [0.29, 0.717) is 6.61 Å². The Morgan fingerprint density at radius 3 is 2.64 bits per heavy atom. The zero-order valence-electron chi connectivity index (χ0n) is 13.1. The summed E-state index contributed by atoms with van der Waals surface area (Å²) < 4.78 is 16.4. The number of carbonyl (C=O) groups excluding carboxylic acids is 1. The van der Waals surface area contributed by atoms with Crippen molar-refractivity contribution in [1.82, 2.24) is 4.90 Å². The Kier molecular flexibility index (Phi) is 5.90. The fourth-order valence-electron chi connectivity index (χ4n) is 2.60. The van der Waals surface area contributed by atoms with Gasteiger partial charge in [0.15, 0.2) is 6.29 Å². The van der Waals surface area contributed by atoms with E-state index in [9.17, 15) is 9.90 Å². The molecule has 0 bridgehead atoms. The van der Waals surface area contributed by atoms with Crippen LogP contribution >= 0.6 is 0 Å².